The molecule has 25 heavy (non-hydrogen) atoms. The second-order valence-electron chi connectivity index (χ2n) is 6.34. The summed E-state index contributed by atoms with van der Waals surface area (Å²) in [6.45, 7) is 3.84. The summed E-state index contributed by atoms with van der Waals surface area (Å²) in [6, 6.07) is 7.76. The second-order valence-corrected chi connectivity index (χ2v) is 8.74. The number of hydrogen-bond donors (Lipinski definition) is 2. The lowest BCUT2D eigenvalue weighted by Crippen LogP contribution is -2.18. The van der Waals surface area contributed by atoms with Crippen molar-refractivity contribution in [3.8, 4) is 11.3 Å². The molecule has 3 heterocycles. The normalized spacial score (nSPS) is 17.1. The topological polar surface area (TPSA) is 85.7 Å². The summed E-state index contributed by atoms with van der Waals surface area (Å²) in [5, 5.41) is 0. The zero-order chi connectivity index (χ0) is 17.4. The molecule has 0 spiro atoms. The van der Waals surface area contributed by atoms with Gasteiger partial charge in [0.15, 0.2) is 0 Å². The summed E-state index contributed by atoms with van der Waals surface area (Å²) in [7, 11) is -2.76. The highest BCUT2D eigenvalue weighted by Gasteiger charge is 2.20. The number of benzene rings is 1. The maximum absolute atomic E-state index is 12.6. The van der Waals surface area contributed by atoms with Crippen molar-refractivity contribution in [2.45, 2.75) is 24.7 Å². The first-order valence-corrected chi connectivity index (χ1v) is 10.3. The van der Waals surface area contributed by atoms with E-state index in [4.69, 9.17) is 4.78 Å². The maximum atomic E-state index is 12.6. The summed E-state index contributed by atoms with van der Waals surface area (Å²) in [5.41, 5.74) is 4.74. The lowest BCUT2D eigenvalue weighted by Gasteiger charge is -2.22. The number of rotatable bonds is 4. The van der Waals surface area contributed by atoms with Crippen LogP contribution in [0, 0.1) is 4.78 Å². The van der Waals surface area contributed by atoms with Gasteiger partial charge in [-0.05, 0) is 37.1 Å². The minimum atomic E-state index is -2.76. The van der Waals surface area contributed by atoms with E-state index in [1.807, 2.05) is 24.3 Å². The molecule has 1 fully saturated rings. The molecule has 3 aromatic rings. The number of fused-ring (bicyclic) bond motifs is 1. The van der Waals surface area contributed by atoms with E-state index in [0.29, 0.717) is 10.6 Å². The molecule has 1 aliphatic heterocycles. The summed E-state index contributed by atoms with van der Waals surface area (Å²) < 4.78 is 20.7. The van der Waals surface area contributed by atoms with Crippen LogP contribution in [0.3, 0.4) is 0 Å². The molecular formula is C18H21N5OS. The van der Waals surface area contributed by atoms with Gasteiger partial charge in [-0.25, -0.2) is 19.0 Å². The van der Waals surface area contributed by atoms with Crippen molar-refractivity contribution >= 4 is 26.4 Å². The predicted octanol–water partition coefficient (Wildman–Crippen LogP) is 3.65. The predicted molar refractivity (Wildman–Crippen MR) is 100 cm³/mol. The Balaban J connectivity index is 1.91. The average Bonchev–Trinajstić information content (AvgIpc) is 3.30. The molecule has 0 bridgehead atoms. The Hall–Kier alpha value is -2.41. The standard InChI is InChI=1S/C18H21N5OS/c1-2-25(19,24)13-5-6-18(23-7-3-4-8-23)14(9-13)15-10-16-17(22-15)11-20-12-21-16/h5-6,9-12,19,22H,2-4,7-8H2,1H3. The molecule has 130 valence electrons. The zero-order valence-electron chi connectivity index (χ0n) is 14.2. The van der Waals surface area contributed by atoms with E-state index in [-0.39, 0.29) is 0 Å². The largest absolute Gasteiger partial charge is 0.371 e. The first-order valence-electron chi connectivity index (χ1n) is 8.53. The van der Waals surface area contributed by atoms with Crippen molar-refractivity contribution in [1.82, 2.24) is 15.0 Å². The first kappa shape index (κ1) is 16.1. The monoisotopic (exact) mass is 355 g/mol. The van der Waals surface area contributed by atoms with Gasteiger partial charge in [0, 0.05) is 35.0 Å². The minimum Gasteiger partial charge on any atom is -0.371 e. The smallest absolute Gasteiger partial charge is 0.116 e. The number of aromatic nitrogens is 3. The number of anilines is 1. The Morgan fingerprint density at radius 3 is 2.80 bits per heavy atom. The van der Waals surface area contributed by atoms with Crippen LogP contribution in [0.15, 0.2) is 41.7 Å². The molecule has 1 aromatic carbocycles. The van der Waals surface area contributed by atoms with Gasteiger partial charge in [0.05, 0.1) is 32.7 Å². The molecule has 2 aromatic heterocycles. The number of nitrogens with zero attached hydrogens (tertiary/aromatic N) is 3. The van der Waals surface area contributed by atoms with E-state index in [1.54, 1.807) is 13.1 Å². The minimum absolute atomic E-state index is 0.313. The van der Waals surface area contributed by atoms with Gasteiger partial charge in [-0.15, -0.1) is 0 Å². The molecule has 1 saturated heterocycles. The van der Waals surface area contributed by atoms with Gasteiger partial charge < -0.3 is 9.88 Å². The fraction of sp³-hybridized carbons (Fsp3) is 0.333. The van der Waals surface area contributed by atoms with Crippen molar-refractivity contribution in [2.75, 3.05) is 23.7 Å². The van der Waals surface area contributed by atoms with Crippen molar-refractivity contribution in [3.63, 3.8) is 0 Å². The van der Waals surface area contributed by atoms with Crippen LogP contribution in [-0.4, -0.2) is 38.0 Å². The van der Waals surface area contributed by atoms with Gasteiger partial charge in [-0.3, -0.25) is 0 Å². The lowest BCUT2D eigenvalue weighted by molar-refractivity contribution is 0.675. The van der Waals surface area contributed by atoms with Crippen molar-refractivity contribution in [3.05, 3.63) is 36.8 Å². The van der Waals surface area contributed by atoms with Crippen LogP contribution >= 0.6 is 0 Å². The van der Waals surface area contributed by atoms with Crippen molar-refractivity contribution < 1.29 is 4.21 Å². The quantitative estimate of drug-likeness (QED) is 0.748. The van der Waals surface area contributed by atoms with Crippen LogP contribution in [0.2, 0.25) is 0 Å². The molecular weight excluding hydrogens is 334 g/mol. The van der Waals surface area contributed by atoms with Gasteiger partial charge in [0.2, 0.25) is 0 Å². The van der Waals surface area contributed by atoms with Gasteiger partial charge in [0.1, 0.15) is 6.33 Å². The molecule has 0 saturated carbocycles. The lowest BCUT2D eigenvalue weighted by atomic mass is 10.1. The summed E-state index contributed by atoms with van der Waals surface area (Å²) >= 11 is 0. The average molecular weight is 355 g/mol. The van der Waals surface area contributed by atoms with Crippen molar-refractivity contribution in [2.24, 2.45) is 0 Å². The third-order valence-electron chi connectivity index (χ3n) is 4.79. The summed E-state index contributed by atoms with van der Waals surface area (Å²) in [5.74, 6) is 0.313. The van der Waals surface area contributed by atoms with Crippen LogP contribution in [-0.2, 0) is 9.73 Å². The molecule has 4 rings (SSSR count). The molecule has 0 amide bonds. The molecule has 1 aliphatic rings. The number of H-pyrrole nitrogens is 1. The number of aromatic amines is 1. The fourth-order valence-electron chi connectivity index (χ4n) is 3.35. The van der Waals surface area contributed by atoms with Crippen LogP contribution in [0.25, 0.3) is 22.3 Å². The Labute approximate surface area is 147 Å². The number of nitrogens with one attached hydrogen (secondary N) is 2. The van der Waals surface area contributed by atoms with E-state index < -0.39 is 9.73 Å². The van der Waals surface area contributed by atoms with Gasteiger partial charge >= 0.3 is 0 Å². The number of hydrogen-bond acceptors (Lipinski definition) is 5. The highest BCUT2D eigenvalue weighted by atomic mass is 32.2. The third kappa shape index (κ3) is 2.89. The molecule has 0 radical (unpaired) electrons. The maximum Gasteiger partial charge on any atom is 0.116 e. The van der Waals surface area contributed by atoms with E-state index in [0.717, 1.165) is 41.1 Å². The molecule has 2 N–H and O–H groups in total. The SMILES string of the molecule is CCS(=N)(=O)c1ccc(N2CCCC2)c(-c2cc3ncncc3[nH]2)c1. The van der Waals surface area contributed by atoms with Crippen LogP contribution in [0.1, 0.15) is 19.8 Å². The highest BCUT2D eigenvalue weighted by Crippen LogP contribution is 2.35. The van der Waals surface area contributed by atoms with E-state index in [2.05, 4.69) is 19.9 Å². The Kier molecular flexibility index (Phi) is 3.95. The zero-order valence-corrected chi connectivity index (χ0v) is 15.0. The second kappa shape index (κ2) is 6.15. The fourth-order valence-corrected chi connectivity index (χ4v) is 4.28. The van der Waals surface area contributed by atoms with E-state index in [9.17, 15) is 4.21 Å². The highest BCUT2D eigenvalue weighted by molar-refractivity contribution is 7.92. The molecule has 0 aliphatic carbocycles. The van der Waals surface area contributed by atoms with E-state index >= 15 is 0 Å². The van der Waals surface area contributed by atoms with Gasteiger partial charge in [-0.1, -0.05) is 6.92 Å². The molecule has 6 nitrogen and oxygen atoms in total. The van der Waals surface area contributed by atoms with Crippen LogP contribution in [0.4, 0.5) is 5.69 Å². The summed E-state index contributed by atoms with van der Waals surface area (Å²) in [6.07, 6.45) is 5.66. The summed E-state index contributed by atoms with van der Waals surface area (Å²) in [4.78, 5) is 14.7. The van der Waals surface area contributed by atoms with Crippen LogP contribution in [0.5, 0.6) is 0 Å². The Morgan fingerprint density at radius 1 is 1.28 bits per heavy atom. The molecule has 1 unspecified atom stereocenters. The van der Waals surface area contributed by atoms with E-state index in [1.165, 1.54) is 19.2 Å². The molecule has 7 heteroatoms. The molecule has 1 atom stereocenters. The van der Waals surface area contributed by atoms with Crippen molar-refractivity contribution in [1.29, 1.82) is 4.78 Å². The van der Waals surface area contributed by atoms with Gasteiger partial charge in [0.25, 0.3) is 0 Å². The third-order valence-corrected chi connectivity index (χ3v) is 6.61. The Bertz CT molecular complexity index is 986. The van der Waals surface area contributed by atoms with Gasteiger partial charge in [-0.2, -0.15) is 0 Å². The van der Waals surface area contributed by atoms with Crippen LogP contribution < -0.4 is 4.90 Å². The Morgan fingerprint density at radius 2 is 2.08 bits per heavy atom. The first-order chi connectivity index (χ1) is 12.1.